The van der Waals surface area contributed by atoms with Gasteiger partial charge in [-0.05, 0) is 49.8 Å². The first kappa shape index (κ1) is 20.6. The number of aryl methyl sites for hydroxylation is 3. The van der Waals surface area contributed by atoms with E-state index in [9.17, 15) is 9.59 Å². The summed E-state index contributed by atoms with van der Waals surface area (Å²) in [4.78, 5) is 30.0. The van der Waals surface area contributed by atoms with Crippen molar-refractivity contribution in [3.05, 3.63) is 50.6 Å². The Hall–Kier alpha value is -2.12. The molecule has 0 atom stereocenters. The lowest BCUT2D eigenvalue weighted by Gasteiger charge is -2.14. The number of amides is 1. The van der Waals surface area contributed by atoms with Crippen molar-refractivity contribution in [2.45, 2.75) is 52.2 Å². The molecular formula is C21H25N3O2S2. The van der Waals surface area contributed by atoms with Gasteiger partial charge < -0.3 is 5.32 Å². The fourth-order valence-corrected chi connectivity index (χ4v) is 4.83. The maximum Gasteiger partial charge on any atom is 0.272 e. The summed E-state index contributed by atoms with van der Waals surface area (Å²) in [5.74, 6) is 0.114. The van der Waals surface area contributed by atoms with Crippen molar-refractivity contribution in [2.24, 2.45) is 0 Å². The van der Waals surface area contributed by atoms with Gasteiger partial charge in [-0.25, -0.2) is 4.98 Å². The number of nitrogens with zero attached hydrogens (tertiary/aromatic N) is 2. The van der Waals surface area contributed by atoms with Crippen LogP contribution in [0.3, 0.4) is 0 Å². The molecule has 0 radical (unpaired) electrons. The molecule has 0 bridgehead atoms. The monoisotopic (exact) mass is 415 g/mol. The fraction of sp³-hybridized carbons (Fsp3) is 0.381. The smallest absolute Gasteiger partial charge is 0.272 e. The molecule has 2 aromatic heterocycles. The van der Waals surface area contributed by atoms with E-state index in [0.29, 0.717) is 21.9 Å². The Kier molecular flexibility index (Phi) is 6.57. The quantitative estimate of drug-likeness (QED) is 0.440. The largest absolute Gasteiger partial charge is 0.325 e. The Morgan fingerprint density at radius 2 is 1.96 bits per heavy atom. The average molecular weight is 416 g/mol. The molecule has 0 aliphatic heterocycles. The highest BCUT2D eigenvalue weighted by Gasteiger charge is 2.15. The molecule has 0 aliphatic carbocycles. The molecule has 7 heteroatoms. The normalized spacial score (nSPS) is 11.1. The van der Waals surface area contributed by atoms with Gasteiger partial charge in [0.25, 0.3) is 5.56 Å². The zero-order valence-electron chi connectivity index (χ0n) is 16.7. The van der Waals surface area contributed by atoms with E-state index in [0.717, 1.165) is 29.7 Å². The van der Waals surface area contributed by atoms with Crippen LogP contribution in [0.2, 0.25) is 0 Å². The van der Waals surface area contributed by atoms with E-state index in [4.69, 9.17) is 0 Å². The van der Waals surface area contributed by atoms with Gasteiger partial charge >= 0.3 is 0 Å². The van der Waals surface area contributed by atoms with Crippen LogP contribution in [0.5, 0.6) is 0 Å². The van der Waals surface area contributed by atoms with E-state index in [1.165, 1.54) is 28.7 Å². The highest BCUT2D eigenvalue weighted by Crippen LogP contribution is 2.24. The van der Waals surface area contributed by atoms with Crippen LogP contribution in [0, 0.1) is 20.8 Å². The highest BCUT2D eigenvalue weighted by atomic mass is 32.2. The highest BCUT2D eigenvalue weighted by molar-refractivity contribution is 7.99. The summed E-state index contributed by atoms with van der Waals surface area (Å²) in [6.07, 6.45) is 1.89. The summed E-state index contributed by atoms with van der Waals surface area (Å²) < 4.78 is 2.39. The predicted octanol–water partition coefficient (Wildman–Crippen LogP) is 4.91. The Balaban J connectivity index is 1.79. The summed E-state index contributed by atoms with van der Waals surface area (Å²) >= 11 is 2.73. The lowest BCUT2D eigenvalue weighted by atomic mass is 10.1. The number of carbonyl (C=O) groups excluding carboxylic acids is 1. The SMILES string of the molecule is CCCCn1c(SCC(=O)Nc2c(C)cc(C)cc2C)nc2ccsc2c1=O. The van der Waals surface area contributed by atoms with Crippen LogP contribution in [0.1, 0.15) is 36.5 Å². The second-order valence-corrected chi connectivity index (χ2v) is 8.81. The standard InChI is InChI=1S/C21H25N3O2S2/c1-5-6-8-24-20(26)19-16(7-9-27-19)22-21(24)28-12-17(25)23-18-14(3)10-13(2)11-15(18)4/h7,9-11H,5-6,8,12H2,1-4H3,(H,23,25). The molecule has 0 unspecified atom stereocenters. The lowest BCUT2D eigenvalue weighted by Crippen LogP contribution is -2.23. The summed E-state index contributed by atoms with van der Waals surface area (Å²) in [6, 6.07) is 5.98. The van der Waals surface area contributed by atoms with Gasteiger partial charge in [-0.3, -0.25) is 14.2 Å². The summed E-state index contributed by atoms with van der Waals surface area (Å²) in [5, 5.41) is 5.50. The summed E-state index contributed by atoms with van der Waals surface area (Å²) in [6.45, 7) is 8.75. The van der Waals surface area contributed by atoms with E-state index >= 15 is 0 Å². The molecule has 28 heavy (non-hydrogen) atoms. The third kappa shape index (κ3) is 4.47. The molecular weight excluding hydrogens is 390 g/mol. The molecule has 1 N–H and O–H groups in total. The van der Waals surface area contributed by atoms with Gasteiger partial charge in [0, 0.05) is 12.2 Å². The Labute approximate surface area is 173 Å². The number of carbonyl (C=O) groups is 1. The van der Waals surface area contributed by atoms with Crippen molar-refractivity contribution >= 4 is 44.9 Å². The summed E-state index contributed by atoms with van der Waals surface area (Å²) in [7, 11) is 0. The van der Waals surface area contributed by atoms with Crippen LogP contribution >= 0.6 is 23.1 Å². The molecule has 2 heterocycles. The van der Waals surface area contributed by atoms with Gasteiger partial charge in [-0.15, -0.1) is 11.3 Å². The third-order valence-electron chi connectivity index (χ3n) is 4.54. The van der Waals surface area contributed by atoms with Crippen LogP contribution in [-0.2, 0) is 11.3 Å². The second-order valence-electron chi connectivity index (χ2n) is 6.95. The Morgan fingerprint density at radius 1 is 1.25 bits per heavy atom. The molecule has 3 aromatic rings. The first-order valence-corrected chi connectivity index (χ1v) is 11.3. The number of thioether (sulfide) groups is 1. The van der Waals surface area contributed by atoms with Gasteiger partial charge in [-0.2, -0.15) is 0 Å². The van der Waals surface area contributed by atoms with Crippen molar-refractivity contribution in [2.75, 3.05) is 11.1 Å². The number of rotatable bonds is 7. The fourth-order valence-electron chi connectivity index (χ4n) is 3.23. The van der Waals surface area contributed by atoms with Crippen molar-refractivity contribution in [3.63, 3.8) is 0 Å². The number of fused-ring (bicyclic) bond motifs is 1. The first-order valence-electron chi connectivity index (χ1n) is 9.39. The Bertz CT molecular complexity index is 1050. The topological polar surface area (TPSA) is 64.0 Å². The molecule has 148 valence electrons. The number of benzene rings is 1. The van der Waals surface area contributed by atoms with Crippen LogP contribution in [0.15, 0.2) is 33.5 Å². The van der Waals surface area contributed by atoms with E-state index in [1.54, 1.807) is 4.57 Å². The number of unbranched alkanes of at least 4 members (excludes halogenated alkanes) is 1. The van der Waals surface area contributed by atoms with Crippen LogP contribution in [-0.4, -0.2) is 21.2 Å². The molecule has 0 saturated carbocycles. The first-order chi connectivity index (χ1) is 13.4. The number of anilines is 1. The van der Waals surface area contributed by atoms with Crippen molar-refractivity contribution < 1.29 is 4.79 Å². The molecule has 5 nitrogen and oxygen atoms in total. The van der Waals surface area contributed by atoms with E-state index in [-0.39, 0.29) is 17.2 Å². The second kappa shape index (κ2) is 8.92. The molecule has 3 rings (SSSR count). The molecule has 0 aliphatic rings. The van der Waals surface area contributed by atoms with Crippen LogP contribution in [0.25, 0.3) is 10.2 Å². The minimum absolute atomic E-state index is 0.0124. The van der Waals surface area contributed by atoms with Crippen LogP contribution < -0.4 is 10.9 Å². The summed E-state index contributed by atoms with van der Waals surface area (Å²) in [5.41, 5.74) is 4.83. The molecule has 1 aromatic carbocycles. The van der Waals surface area contributed by atoms with Crippen molar-refractivity contribution in [1.82, 2.24) is 9.55 Å². The molecule has 0 spiro atoms. The predicted molar refractivity (Wildman–Crippen MR) is 119 cm³/mol. The van der Waals surface area contributed by atoms with E-state index < -0.39 is 0 Å². The van der Waals surface area contributed by atoms with Gasteiger partial charge in [0.05, 0.1) is 11.3 Å². The third-order valence-corrected chi connectivity index (χ3v) is 6.41. The maximum absolute atomic E-state index is 12.8. The molecule has 1 amide bonds. The van der Waals surface area contributed by atoms with Crippen molar-refractivity contribution in [3.8, 4) is 0 Å². The van der Waals surface area contributed by atoms with Crippen LogP contribution in [0.4, 0.5) is 5.69 Å². The number of nitrogens with one attached hydrogen (secondary N) is 1. The molecule has 0 fully saturated rings. The van der Waals surface area contributed by atoms with Crippen molar-refractivity contribution in [1.29, 1.82) is 0 Å². The minimum Gasteiger partial charge on any atom is -0.325 e. The van der Waals surface area contributed by atoms with E-state index in [1.807, 2.05) is 32.2 Å². The lowest BCUT2D eigenvalue weighted by molar-refractivity contribution is -0.113. The van der Waals surface area contributed by atoms with Gasteiger partial charge in [0.15, 0.2) is 5.16 Å². The number of hydrogen-bond donors (Lipinski definition) is 1. The molecule has 0 saturated heterocycles. The zero-order valence-corrected chi connectivity index (χ0v) is 18.3. The Morgan fingerprint density at radius 3 is 2.64 bits per heavy atom. The van der Waals surface area contributed by atoms with E-state index in [2.05, 4.69) is 29.4 Å². The average Bonchev–Trinajstić information content (AvgIpc) is 3.11. The number of thiophene rings is 1. The van der Waals surface area contributed by atoms with Gasteiger partial charge in [0.1, 0.15) is 4.70 Å². The minimum atomic E-state index is -0.0956. The van der Waals surface area contributed by atoms with Gasteiger partial charge in [-0.1, -0.05) is 42.8 Å². The maximum atomic E-state index is 12.8. The number of aromatic nitrogens is 2. The number of hydrogen-bond acceptors (Lipinski definition) is 5. The van der Waals surface area contributed by atoms with Gasteiger partial charge in [0.2, 0.25) is 5.91 Å². The zero-order chi connectivity index (χ0) is 20.3.